The molecule has 2 unspecified atom stereocenters. The highest BCUT2D eigenvalue weighted by Gasteiger charge is 2.25. The molecular formula is C11H16ClNOS. The summed E-state index contributed by atoms with van der Waals surface area (Å²) < 4.78 is 5.31. The maximum absolute atomic E-state index is 5.71. The second kappa shape index (κ2) is 5.28. The fraction of sp³-hybridized carbons (Fsp3) is 0.636. The van der Waals surface area contributed by atoms with Crippen molar-refractivity contribution in [2.24, 2.45) is 0 Å². The average molecular weight is 246 g/mol. The molecule has 15 heavy (non-hydrogen) atoms. The summed E-state index contributed by atoms with van der Waals surface area (Å²) in [6.45, 7) is 0.786. The van der Waals surface area contributed by atoms with Crippen LogP contribution in [0.4, 0.5) is 0 Å². The number of hydrogen-bond donors (Lipinski definition) is 1. The monoisotopic (exact) mass is 245 g/mol. The Kier molecular flexibility index (Phi) is 4.00. The maximum atomic E-state index is 5.71. The fourth-order valence-corrected chi connectivity index (χ4v) is 3.25. The van der Waals surface area contributed by atoms with Gasteiger partial charge in [0.25, 0.3) is 0 Å². The molecule has 1 saturated carbocycles. The third kappa shape index (κ3) is 2.92. The van der Waals surface area contributed by atoms with Gasteiger partial charge in [-0.15, -0.1) is 0 Å². The van der Waals surface area contributed by atoms with Gasteiger partial charge in [0, 0.05) is 11.3 Å². The van der Waals surface area contributed by atoms with Gasteiger partial charge in [0.1, 0.15) is 5.76 Å². The highest BCUT2D eigenvalue weighted by Crippen LogP contribution is 2.28. The Hall–Kier alpha value is -0.120. The average Bonchev–Trinajstić information content (AvgIpc) is 2.83. The summed E-state index contributed by atoms with van der Waals surface area (Å²) in [6.07, 6.45) is 6.13. The highest BCUT2D eigenvalue weighted by atomic mass is 35.5. The Morgan fingerprint density at radius 1 is 1.53 bits per heavy atom. The van der Waals surface area contributed by atoms with Gasteiger partial charge in [-0.2, -0.15) is 11.8 Å². The van der Waals surface area contributed by atoms with E-state index in [0.29, 0.717) is 11.3 Å². The molecule has 1 aliphatic rings. The van der Waals surface area contributed by atoms with Crippen molar-refractivity contribution in [1.29, 1.82) is 0 Å². The maximum Gasteiger partial charge on any atom is 0.193 e. The number of furan rings is 1. The van der Waals surface area contributed by atoms with Gasteiger partial charge in [-0.05, 0) is 42.8 Å². The van der Waals surface area contributed by atoms with Crippen molar-refractivity contribution in [3.63, 3.8) is 0 Å². The smallest absolute Gasteiger partial charge is 0.193 e. The third-order valence-electron chi connectivity index (χ3n) is 2.92. The van der Waals surface area contributed by atoms with E-state index < -0.39 is 0 Å². The molecule has 1 aromatic heterocycles. The fourth-order valence-electron chi connectivity index (χ4n) is 2.12. The van der Waals surface area contributed by atoms with Gasteiger partial charge < -0.3 is 9.73 Å². The van der Waals surface area contributed by atoms with E-state index in [1.165, 1.54) is 19.3 Å². The van der Waals surface area contributed by atoms with Gasteiger partial charge in [-0.1, -0.05) is 6.42 Å². The van der Waals surface area contributed by atoms with Gasteiger partial charge in [0.2, 0.25) is 0 Å². The van der Waals surface area contributed by atoms with Crippen molar-refractivity contribution in [3.8, 4) is 0 Å². The van der Waals surface area contributed by atoms with Crippen LogP contribution >= 0.6 is 23.4 Å². The predicted octanol–water partition coefficient (Wildman–Crippen LogP) is 3.31. The molecule has 1 heterocycles. The van der Waals surface area contributed by atoms with E-state index in [-0.39, 0.29) is 0 Å². The van der Waals surface area contributed by atoms with E-state index in [2.05, 4.69) is 11.6 Å². The third-order valence-corrected chi connectivity index (χ3v) is 4.30. The molecule has 0 amide bonds. The second-order valence-electron chi connectivity index (χ2n) is 3.90. The lowest BCUT2D eigenvalue weighted by Crippen LogP contribution is -2.33. The van der Waals surface area contributed by atoms with Crippen LogP contribution in [0.25, 0.3) is 0 Å². The van der Waals surface area contributed by atoms with Crippen molar-refractivity contribution in [2.45, 2.75) is 37.1 Å². The van der Waals surface area contributed by atoms with E-state index in [1.54, 1.807) is 6.07 Å². The van der Waals surface area contributed by atoms with Crippen LogP contribution in [0, 0.1) is 0 Å². The first-order valence-corrected chi connectivity index (χ1v) is 6.96. The van der Waals surface area contributed by atoms with E-state index in [9.17, 15) is 0 Å². The Balaban J connectivity index is 1.82. The van der Waals surface area contributed by atoms with Crippen LogP contribution in [0.15, 0.2) is 16.5 Å². The molecular weight excluding hydrogens is 230 g/mol. The molecule has 0 saturated heterocycles. The lowest BCUT2D eigenvalue weighted by Gasteiger charge is -2.18. The molecule has 4 heteroatoms. The normalized spacial score (nSPS) is 26.0. The minimum atomic E-state index is 0.472. The van der Waals surface area contributed by atoms with Crippen LogP contribution in [0.2, 0.25) is 5.22 Å². The zero-order valence-electron chi connectivity index (χ0n) is 8.83. The lowest BCUT2D eigenvalue weighted by atomic mass is 10.2. The standard InChI is InChI=1S/C11H16ClNOS/c1-15-10-4-2-3-9(10)13-7-8-5-6-11(12)14-8/h5-6,9-10,13H,2-4,7H2,1H3. The molecule has 0 spiro atoms. The number of halogens is 1. The molecule has 0 aromatic carbocycles. The summed E-state index contributed by atoms with van der Waals surface area (Å²) in [5, 5.41) is 4.77. The van der Waals surface area contributed by atoms with Crippen molar-refractivity contribution in [1.82, 2.24) is 5.32 Å². The Bertz CT molecular complexity index is 315. The Morgan fingerprint density at radius 3 is 3.07 bits per heavy atom. The van der Waals surface area contributed by atoms with Gasteiger partial charge in [-0.25, -0.2) is 0 Å². The molecule has 0 radical (unpaired) electrons. The summed E-state index contributed by atoms with van der Waals surface area (Å²) in [4.78, 5) is 0. The topological polar surface area (TPSA) is 25.2 Å². The first-order chi connectivity index (χ1) is 7.29. The first kappa shape index (κ1) is 11.4. The van der Waals surface area contributed by atoms with Crippen LogP contribution in [0.3, 0.4) is 0 Å². The molecule has 2 nitrogen and oxygen atoms in total. The van der Waals surface area contributed by atoms with E-state index in [0.717, 1.165) is 17.6 Å². The highest BCUT2D eigenvalue weighted by molar-refractivity contribution is 7.99. The first-order valence-electron chi connectivity index (χ1n) is 5.30. The van der Waals surface area contributed by atoms with Crippen LogP contribution in [-0.2, 0) is 6.54 Å². The van der Waals surface area contributed by atoms with Gasteiger partial charge in [0.15, 0.2) is 5.22 Å². The SMILES string of the molecule is CSC1CCCC1NCc1ccc(Cl)o1. The minimum Gasteiger partial charge on any atom is -0.448 e. The van der Waals surface area contributed by atoms with E-state index >= 15 is 0 Å². The van der Waals surface area contributed by atoms with Gasteiger partial charge in [0.05, 0.1) is 6.54 Å². The quantitative estimate of drug-likeness (QED) is 0.881. The summed E-state index contributed by atoms with van der Waals surface area (Å²) in [7, 11) is 0. The number of thioether (sulfide) groups is 1. The molecule has 2 atom stereocenters. The lowest BCUT2D eigenvalue weighted by molar-refractivity contribution is 0.450. The molecule has 1 aliphatic carbocycles. The predicted molar refractivity (Wildman–Crippen MR) is 65.5 cm³/mol. The summed E-state index contributed by atoms with van der Waals surface area (Å²) in [6, 6.07) is 4.35. The van der Waals surface area contributed by atoms with Crippen molar-refractivity contribution >= 4 is 23.4 Å². The van der Waals surface area contributed by atoms with E-state index in [1.807, 2.05) is 17.8 Å². The number of rotatable bonds is 4. The Labute approximate surface area is 99.8 Å². The zero-order valence-corrected chi connectivity index (χ0v) is 10.4. The Morgan fingerprint density at radius 2 is 2.40 bits per heavy atom. The van der Waals surface area contributed by atoms with Gasteiger partial charge >= 0.3 is 0 Å². The van der Waals surface area contributed by atoms with Gasteiger partial charge in [-0.3, -0.25) is 0 Å². The van der Waals surface area contributed by atoms with Crippen LogP contribution < -0.4 is 5.32 Å². The molecule has 84 valence electrons. The molecule has 1 fully saturated rings. The minimum absolute atomic E-state index is 0.472. The molecule has 1 N–H and O–H groups in total. The summed E-state index contributed by atoms with van der Waals surface area (Å²) in [5.74, 6) is 0.923. The van der Waals surface area contributed by atoms with Crippen molar-refractivity contribution in [2.75, 3.05) is 6.26 Å². The molecule has 0 bridgehead atoms. The largest absolute Gasteiger partial charge is 0.448 e. The zero-order chi connectivity index (χ0) is 10.7. The van der Waals surface area contributed by atoms with Crippen LogP contribution in [0.5, 0.6) is 0 Å². The summed E-state index contributed by atoms with van der Waals surface area (Å²) >= 11 is 7.67. The van der Waals surface area contributed by atoms with Crippen molar-refractivity contribution < 1.29 is 4.42 Å². The van der Waals surface area contributed by atoms with Crippen molar-refractivity contribution in [3.05, 3.63) is 23.1 Å². The van der Waals surface area contributed by atoms with Crippen LogP contribution in [0.1, 0.15) is 25.0 Å². The van der Waals surface area contributed by atoms with E-state index in [4.69, 9.17) is 16.0 Å². The van der Waals surface area contributed by atoms with Crippen LogP contribution in [-0.4, -0.2) is 17.5 Å². The molecule has 1 aromatic rings. The molecule has 2 rings (SSSR count). The molecule has 0 aliphatic heterocycles. The second-order valence-corrected chi connectivity index (χ2v) is 5.35. The summed E-state index contributed by atoms with van der Waals surface area (Å²) in [5.41, 5.74) is 0. The number of hydrogen-bond acceptors (Lipinski definition) is 3. The number of nitrogens with one attached hydrogen (secondary N) is 1.